The molecule has 1 rings (SSSR count). The topological polar surface area (TPSA) is 45.5 Å². The van der Waals surface area contributed by atoms with Gasteiger partial charge < -0.3 is 20.9 Å². The van der Waals surface area contributed by atoms with E-state index >= 15 is 0 Å². The monoisotopic (exact) mass is 274 g/mol. The zero-order chi connectivity index (χ0) is 10.8. The zero-order valence-electron chi connectivity index (χ0n) is 10.2. The van der Waals surface area contributed by atoms with Gasteiger partial charge in [-0.2, -0.15) is 26.2 Å². The molecule has 0 aromatic rings. The minimum Gasteiger partial charge on any atom is -0.664 e. The molecule has 1 saturated heterocycles. The van der Waals surface area contributed by atoms with Crippen molar-refractivity contribution in [3.8, 4) is 0 Å². The molecule has 0 bridgehead atoms. The first-order valence-corrected chi connectivity index (χ1v) is 5.98. The van der Waals surface area contributed by atoms with Crippen LogP contribution in [-0.4, -0.2) is 64.3 Å². The standard InChI is InChI=1S/C11H23N4.Cu/c1-15-10-3-6-13-8-7-12-4-2-5-14-9-11-15;/h2-11H2,1H3;/q-3;. The Balaban J connectivity index is 0.00000225. The molecule has 0 aliphatic carbocycles. The number of hydrogen-bond acceptors (Lipinski definition) is 1. The molecule has 0 amide bonds. The van der Waals surface area contributed by atoms with Gasteiger partial charge in [-0.25, -0.2) is 0 Å². The molecule has 0 aromatic carbocycles. The zero-order valence-corrected chi connectivity index (χ0v) is 11.1. The van der Waals surface area contributed by atoms with E-state index in [-0.39, 0.29) is 17.1 Å². The minimum atomic E-state index is 0. The summed E-state index contributed by atoms with van der Waals surface area (Å²) in [6.07, 6.45) is 2.26. The SMILES string of the molecule is CN1CCC[N-]CC[N-]CCC[N-]CC1.[Cu]. The van der Waals surface area contributed by atoms with Crippen LogP contribution in [0.3, 0.4) is 0 Å². The van der Waals surface area contributed by atoms with Crippen molar-refractivity contribution < 1.29 is 17.1 Å². The van der Waals surface area contributed by atoms with Crippen LogP contribution in [0.2, 0.25) is 0 Å². The summed E-state index contributed by atoms with van der Waals surface area (Å²) in [5.74, 6) is 0. The predicted octanol–water partition coefficient (Wildman–Crippen LogP) is 1.83. The third-order valence-electron chi connectivity index (χ3n) is 2.54. The van der Waals surface area contributed by atoms with E-state index in [2.05, 4.69) is 27.9 Å². The second kappa shape index (κ2) is 11.8. The molecule has 1 aliphatic rings. The van der Waals surface area contributed by atoms with Crippen LogP contribution in [0.25, 0.3) is 16.0 Å². The number of nitrogens with zero attached hydrogens (tertiary/aromatic N) is 4. The van der Waals surface area contributed by atoms with Crippen molar-refractivity contribution in [2.24, 2.45) is 0 Å². The Bertz CT molecular complexity index is 132. The van der Waals surface area contributed by atoms with E-state index in [0.29, 0.717) is 0 Å². The maximum Gasteiger partial charge on any atom is 0 e. The fourth-order valence-corrected chi connectivity index (χ4v) is 1.58. The minimum absolute atomic E-state index is 0. The van der Waals surface area contributed by atoms with Gasteiger partial charge in [-0.15, -0.1) is 13.1 Å². The van der Waals surface area contributed by atoms with Crippen molar-refractivity contribution in [3.63, 3.8) is 0 Å². The van der Waals surface area contributed by atoms with E-state index in [1.54, 1.807) is 0 Å². The molecule has 1 radical (unpaired) electrons. The van der Waals surface area contributed by atoms with E-state index in [1.807, 2.05) is 0 Å². The molecule has 0 aromatic heterocycles. The van der Waals surface area contributed by atoms with Crippen LogP contribution >= 0.6 is 0 Å². The molecule has 5 heteroatoms. The molecule has 0 saturated carbocycles. The first-order valence-electron chi connectivity index (χ1n) is 5.98. The summed E-state index contributed by atoms with van der Waals surface area (Å²) >= 11 is 0. The molecular weight excluding hydrogens is 252 g/mol. The van der Waals surface area contributed by atoms with Gasteiger partial charge >= 0.3 is 0 Å². The van der Waals surface area contributed by atoms with Gasteiger partial charge in [0.15, 0.2) is 0 Å². The van der Waals surface area contributed by atoms with Gasteiger partial charge in [-0.3, -0.25) is 0 Å². The summed E-state index contributed by atoms with van der Waals surface area (Å²) in [7, 11) is 2.16. The second-order valence-electron chi connectivity index (χ2n) is 4.02. The van der Waals surface area contributed by atoms with Gasteiger partial charge in [-0.05, 0) is 20.1 Å². The normalized spacial score (nSPS) is 23.1. The number of hydrogen-bond donors (Lipinski definition) is 0. The average molecular weight is 275 g/mol. The van der Waals surface area contributed by atoms with Crippen molar-refractivity contribution in [3.05, 3.63) is 16.0 Å². The molecule has 1 heterocycles. The molecular formula is C11H23CuN4-3. The summed E-state index contributed by atoms with van der Waals surface area (Å²) in [6.45, 7) is 7.89. The van der Waals surface area contributed by atoms with Crippen molar-refractivity contribution in [2.75, 3.05) is 59.4 Å². The largest absolute Gasteiger partial charge is 0.664 e. The third-order valence-corrected chi connectivity index (χ3v) is 2.54. The van der Waals surface area contributed by atoms with Crippen LogP contribution in [0.5, 0.6) is 0 Å². The predicted molar refractivity (Wildman–Crippen MR) is 66.0 cm³/mol. The molecule has 0 unspecified atom stereocenters. The Labute approximate surface area is 110 Å². The Hall–Kier alpha value is 0.359. The van der Waals surface area contributed by atoms with E-state index < -0.39 is 0 Å². The molecule has 101 valence electrons. The Morgan fingerprint density at radius 2 is 1.25 bits per heavy atom. The smallest absolute Gasteiger partial charge is 0 e. The third kappa shape index (κ3) is 9.58. The van der Waals surface area contributed by atoms with Crippen molar-refractivity contribution >= 4 is 0 Å². The summed E-state index contributed by atoms with van der Waals surface area (Å²) in [5, 5.41) is 13.3. The summed E-state index contributed by atoms with van der Waals surface area (Å²) in [6, 6.07) is 0. The maximum absolute atomic E-state index is 4.48. The van der Waals surface area contributed by atoms with E-state index in [0.717, 1.165) is 65.2 Å². The van der Waals surface area contributed by atoms with Crippen LogP contribution in [-0.2, 0) is 17.1 Å². The van der Waals surface area contributed by atoms with Crippen molar-refractivity contribution in [1.29, 1.82) is 0 Å². The van der Waals surface area contributed by atoms with Crippen LogP contribution in [0, 0.1) is 0 Å². The van der Waals surface area contributed by atoms with Gasteiger partial charge in [0.05, 0.1) is 0 Å². The molecule has 0 spiro atoms. The molecule has 4 nitrogen and oxygen atoms in total. The molecule has 16 heavy (non-hydrogen) atoms. The van der Waals surface area contributed by atoms with Gasteiger partial charge in [-0.1, -0.05) is 12.8 Å². The van der Waals surface area contributed by atoms with Crippen LogP contribution in [0.4, 0.5) is 0 Å². The van der Waals surface area contributed by atoms with Crippen LogP contribution in [0.15, 0.2) is 0 Å². The fraction of sp³-hybridized carbons (Fsp3) is 1.00. The number of rotatable bonds is 0. The van der Waals surface area contributed by atoms with E-state index in [4.69, 9.17) is 0 Å². The summed E-state index contributed by atoms with van der Waals surface area (Å²) in [4.78, 5) is 2.34. The fourth-order valence-electron chi connectivity index (χ4n) is 1.58. The second-order valence-corrected chi connectivity index (χ2v) is 4.02. The summed E-state index contributed by atoms with van der Waals surface area (Å²) < 4.78 is 0. The first-order chi connectivity index (χ1) is 7.39. The molecule has 1 aliphatic heterocycles. The quantitative estimate of drug-likeness (QED) is 0.622. The van der Waals surface area contributed by atoms with E-state index in [1.165, 1.54) is 0 Å². The molecule has 0 N–H and O–H groups in total. The van der Waals surface area contributed by atoms with Gasteiger partial charge in [0.25, 0.3) is 0 Å². The average Bonchev–Trinajstić information content (AvgIpc) is 2.24. The molecule has 0 atom stereocenters. The number of likely N-dealkylation sites (N-methyl/N-ethyl adjacent to an activating group) is 1. The van der Waals surface area contributed by atoms with Gasteiger partial charge in [0.1, 0.15) is 0 Å². The van der Waals surface area contributed by atoms with Crippen molar-refractivity contribution in [2.45, 2.75) is 12.8 Å². The first kappa shape index (κ1) is 16.4. The van der Waals surface area contributed by atoms with Crippen molar-refractivity contribution in [1.82, 2.24) is 4.90 Å². The van der Waals surface area contributed by atoms with E-state index in [9.17, 15) is 0 Å². The Morgan fingerprint density at radius 1 is 0.688 bits per heavy atom. The van der Waals surface area contributed by atoms with Gasteiger partial charge in [0.2, 0.25) is 0 Å². The van der Waals surface area contributed by atoms with Crippen LogP contribution in [0.1, 0.15) is 12.8 Å². The van der Waals surface area contributed by atoms with Crippen LogP contribution < -0.4 is 0 Å². The maximum atomic E-state index is 4.48. The molecule has 1 fully saturated rings. The van der Waals surface area contributed by atoms with Gasteiger partial charge in [0, 0.05) is 17.1 Å². The Kier molecular flexibility index (Phi) is 12.1. The summed E-state index contributed by atoms with van der Waals surface area (Å²) in [5.41, 5.74) is 0. The Morgan fingerprint density at radius 3 is 1.94 bits per heavy atom.